The molecule has 3 aromatic rings. The summed E-state index contributed by atoms with van der Waals surface area (Å²) in [5.41, 5.74) is 0.630. The normalized spacial score (nSPS) is 20.6. The summed E-state index contributed by atoms with van der Waals surface area (Å²) in [6.07, 6.45) is -0.0248. The minimum Gasteiger partial charge on any atom is -0.387 e. The molecule has 0 saturated carbocycles. The third-order valence-corrected chi connectivity index (χ3v) is 7.97. The van der Waals surface area contributed by atoms with Gasteiger partial charge in [0.1, 0.15) is 18.5 Å². The molecule has 0 bridgehead atoms. The van der Waals surface area contributed by atoms with E-state index < -0.39 is 46.5 Å². The lowest BCUT2D eigenvalue weighted by atomic mass is 10.1. The predicted octanol–water partition coefficient (Wildman–Crippen LogP) is 0.588. The minimum absolute atomic E-state index is 0.0308. The number of likely N-dealkylation sites (N-methyl/N-ethyl adjacent to an activating group) is 1. The zero-order chi connectivity index (χ0) is 29.7. The summed E-state index contributed by atoms with van der Waals surface area (Å²) in [6, 6.07) is 4.91. The van der Waals surface area contributed by atoms with E-state index in [9.17, 15) is 28.2 Å². The van der Waals surface area contributed by atoms with E-state index in [-0.39, 0.29) is 35.0 Å². The van der Waals surface area contributed by atoms with Gasteiger partial charge in [-0.05, 0) is 31.2 Å². The van der Waals surface area contributed by atoms with Crippen LogP contribution in [0.4, 0.5) is 16.3 Å². The van der Waals surface area contributed by atoms with Crippen molar-refractivity contribution in [1.82, 2.24) is 29.1 Å². The standard InChI is InChI=1S/C25H30N8O7S/c1-4-11-32(12-5-2)41(38,39)16-9-7-15(8-10-16)30-25(37)31-21-17-22(28-13-27-21)33(14-29-17)24-19(35)18(34)20(40-24)23(36)26-6-3/h4-5,7-10,13-14,18-20,24,34-35H,1-2,6,11-12H2,3H3,(H,26,36)(H2,27,28,30,31,37)/t18-,19+,20-,24?/m0/s1. The Morgan fingerprint density at radius 1 is 1.07 bits per heavy atom. The SMILES string of the molecule is C=CCN(CC=C)S(=O)(=O)c1ccc(NC(=O)Nc2ncnc3c2ncn3C2O[C@H](C(=O)NCC)[C@@H](O)[C@H]2O)cc1. The number of benzene rings is 1. The molecule has 1 saturated heterocycles. The topological polar surface area (TPSA) is 201 Å². The lowest BCUT2D eigenvalue weighted by Gasteiger charge is -2.19. The molecular weight excluding hydrogens is 556 g/mol. The number of sulfonamides is 1. The van der Waals surface area contributed by atoms with Crippen LogP contribution in [0, 0.1) is 0 Å². The van der Waals surface area contributed by atoms with Crippen LogP contribution in [0.5, 0.6) is 0 Å². The lowest BCUT2D eigenvalue weighted by Crippen LogP contribution is -2.42. The predicted molar refractivity (Wildman–Crippen MR) is 148 cm³/mol. The Bertz CT molecular complexity index is 1530. The number of carbonyl (C=O) groups is 2. The third kappa shape index (κ3) is 6.10. The molecule has 3 heterocycles. The van der Waals surface area contributed by atoms with Crippen molar-refractivity contribution < 1.29 is 33.0 Å². The highest BCUT2D eigenvalue weighted by atomic mass is 32.2. The van der Waals surface area contributed by atoms with Gasteiger partial charge in [-0.15, -0.1) is 13.2 Å². The molecule has 16 heteroatoms. The molecule has 4 atom stereocenters. The van der Waals surface area contributed by atoms with Crippen LogP contribution in [0.2, 0.25) is 0 Å². The molecule has 0 aliphatic carbocycles. The van der Waals surface area contributed by atoms with Crippen molar-refractivity contribution >= 4 is 44.6 Å². The zero-order valence-electron chi connectivity index (χ0n) is 22.0. The summed E-state index contributed by atoms with van der Waals surface area (Å²) >= 11 is 0. The van der Waals surface area contributed by atoms with Crippen LogP contribution < -0.4 is 16.0 Å². The minimum atomic E-state index is -3.80. The number of aromatic nitrogens is 4. The van der Waals surface area contributed by atoms with Crippen molar-refractivity contribution in [3.05, 3.63) is 62.2 Å². The Labute approximate surface area is 235 Å². The van der Waals surface area contributed by atoms with Crippen LogP contribution >= 0.6 is 0 Å². The van der Waals surface area contributed by atoms with Gasteiger partial charge in [-0.25, -0.2) is 28.2 Å². The highest BCUT2D eigenvalue weighted by molar-refractivity contribution is 7.89. The largest absolute Gasteiger partial charge is 0.387 e. The number of ether oxygens (including phenoxy) is 1. The number of anilines is 2. The molecule has 218 valence electrons. The van der Waals surface area contributed by atoms with Gasteiger partial charge in [0.2, 0.25) is 10.0 Å². The number of hydrogen-bond acceptors (Lipinski definition) is 10. The van der Waals surface area contributed by atoms with Gasteiger partial charge in [0.25, 0.3) is 5.91 Å². The first-order chi connectivity index (χ1) is 19.6. The van der Waals surface area contributed by atoms with Crippen molar-refractivity contribution in [2.75, 3.05) is 30.3 Å². The Hall–Kier alpha value is -4.22. The van der Waals surface area contributed by atoms with E-state index in [1.54, 1.807) is 6.92 Å². The van der Waals surface area contributed by atoms with Gasteiger partial charge >= 0.3 is 6.03 Å². The van der Waals surface area contributed by atoms with Crippen LogP contribution in [-0.4, -0.2) is 92.3 Å². The Morgan fingerprint density at radius 3 is 2.39 bits per heavy atom. The van der Waals surface area contributed by atoms with Crippen molar-refractivity contribution in [2.24, 2.45) is 0 Å². The number of nitrogens with zero attached hydrogens (tertiary/aromatic N) is 5. The molecule has 3 amide bonds. The number of hydrogen-bond donors (Lipinski definition) is 5. The maximum absolute atomic E-state index is 12.9. The summed E-state index contributed by atoms with van der Waals surface area (Å²) in [5, 5.41) is 28.6. The molecule has 1 aliphatic heterocycles. The van der Waals surface area contributed by atoms with Crippen molar-refractivity contribution in [3.63, 3.8) is 0 Å². The molecule has 15 nitrogen and oxygen atoms in total. The molecule has 1 fully saturated rings. The number of rotatable bonds is 11. The lowest BCUT2D eigenvalue weighted by molar-refractivity contribution is -0.137. The molecule has 4 rings (SSSR count). The highest BCUT2D eigenvalue weighted by Crippen LogP contribution is 2.32. The summed E-state index contributed by atoms with van der Waals surface area (Å²) in [5.74, 6) is -0.542. The van der Waals surface area contributed by atoms with E-state index in [4.69, 9.17) is 4.74 Å². The number of nitrogens with one attached hydrogen (secondary N) is 3. The molecule has 0 spiro atoms. The Morgan fingerprint density at radius 2 is 1.76 bits per heavy atom. The van der Waals surface area contributed by atoms with Gasteiger partial charge < -0.3 is 25.6 Å². The first-order valence-corrected chi connectivity index (χ1v) is 13.9. The van der Waals surface area contributed by atoms with Gasteiger partial charge in [-0.2, -0.15) is 4.31 Å². The van der Waals surface area contributed by atoms with Crippen LogP contribution in [0.25, 0.3) is 11.2 Å². The molecule has 0 radical (unpaired) electrons. The van der Waals surface area contributed by atoms with Gasteiger partial charge in [-0.1, -0.05) is 12.2 Å². The Kier molecular flexibility index (Phi) is 9.09. The summed E-state index contributed by atoms with van der Waals surface area (Å²) in [7, 11) is -3.80. The first-order valence-electron chi connectivity index (χ1n) is 12.5. The number of aliphatic hydroxyl groups is 2. The second kappa shape index (κ2) is 12.5. The highest BCUT2D eigenvalue weighted by Gasteiger charge is 2.47. The van der Waals surface area contributed by atoms with Crippen LogP contribution in [0.3, 0.4) is 0 Å². The fraction of sp³-hybridized carbons (Fsp3) is 0.320. The molecule has 1 unspecified atom stereocenters. The first kappa shape index (κ1) is 29.8. The van der Waals surface area contributed by atoms with Gasteiger partial charge in [-0.3, -0.25) is 14.7 Å². The van der Waals surface area contributed by atoms with E-state index in [0.29, 0.717) is 12.2 Å². The number of aliphatic hydroxyl groups excluding tert-OH is 2. The van der Waals surface area contributed by atoms with Gasteiger partial charge in [0, 0.05) is 25.3 Å². The van der Waals surface area contributed by atoms with Crippen molar-refractivity contribution in [3.8, 4) is 0 Å². The van der Waals surface area contributed by atoms with E-state index in [1.165, 1.54) is 51.6 Å². The van der Waals surface area contributed by atoms with E-state index in [1.807, 2.05) is 0 Å². The average molecular weight is 587 g/mol. The number of amides is 3. The number of fused-ring (bicyclic) bond motifs is 1. The third-order valence-electron chi connectivity index (χ3n) is 6.13. The summed E-state index contributed by atoms with van der Waals surface area (Å²) in [4.78, 5) is 37.4. The van der Waals surface area contributed by atoms with Gasteiger partial charge in [0.15, 0.2) is 29.3 Å². The molecule has 41 heavy (non-hydrogen) atoms. The second-order valence-electron chi connectivity index (χ2n) is 8.87. The number of imidazole rings is 1. The fourth-order valence-corrected chi connectivity index (χ4v) is 5.58. The molecule has 5 N–H and O–H groups in total. The monoisotopic (exact) mass is 586 g/mol. The van der Waals surface area contributed by atoms with Crippen LogP contribution in [0.15, 0.2) is 67.1 Å². The van der Waals surface area contributed by atoms with Gasteiger partial charge in [0.05, 0.1) is 11.2 Å². The second-order valence-corrected chi connectivity index (χ2v) is 10.8. The van der Waals surface area contributed by atoms with E-state index in [0.717, 1.165) is 6.33 Å². The van der Waals surface area contributed by atoms with E-state index >= 15 is 0 Å². The zero-order valence-corrected chi connectivity index (χ0v) is 22.9. The summed E-state index contributed by atoms with van der Waals surface area (Å²) < 4.78 is 33.9. The smallest absolute Gasteiger partial charge is 0.324 e. The molecular formula is C25H30N8O7S. The summed E-state index contributed by atoms with van der Waals surface area (Å²) in [6.45, 7) is 9.41. The number of urea groups is 1. The van der Waals surface area contributed by atoms with E-state index in [2.05, 4.69) is 44.1 Å². The molecule has 2 aromatic heterocycles. The molecule has 1 aromatic carbocycles. The average Bonchev–Trinajstić information content (AvgIpc) is 3.50. The van der Waals surface area contributed by atoms with Crippen molar-refractivity contribution in [1.29, 1.82) is 0 Å². The van der Waals surface area contributed by atoms with Crippen molar-refractivity contribution in [2.45, 2.75) is 36.4 Å². The fourth-order valence-electron chi connectivity index (χ4n) is 4.20. The maximum atomic E-state index is 12.9. The quantitative estimate of drug-likeness (QED) is 0.198. The maximum Gasteiger partial charge on any atom is 0.324 e. The number of carbonyl (C=O) groups excluding carboxylic acids is 2. The van der Waals surface area contributed by atoms with Crippen LogP contribution in [-0.2, 0) is 19.6 Å². The molecule has 1 aliphatic rings. The van der Waals surface area contributed by atoms with Crippen LogP contribution in [0.1, 0.15) is 13.2 Å². The Balaban J connectivity index is 1.48.